The van der Waals surface area contributed by atoms with Crippen molar-refractivity contribution in [1.82, 2.24) is 0 Å². The molecule has 3 nitrogen and oxygen atoms in total. The minimum atomic E-state index is -4.03. The van der Waals surface area contributed by atoms with Crippen molar-refractivity contribution >= 4 is 85.6 Å². The summed E-state index contributed by atoms with van der Waals surface area (Å²) < 4.78 is 29.9. The van der Waals surface area contributed by atoms with E-state index in [1.54, 1.807) is 25.1 Å². The fourth-order valence-electron chi connectivity index (χ4n) is 0.846. The Kier molecular flexibility index (Phi) is 9.20. The summed E-state index contributed by atoms with van der Waals surface area (Å²) in [7, 11) is -4.03. The summed E-state index contributed by atoms with van der Waals surface area (Å²) >= 11 is 0. The standard InChI is InChI=1S/C7H8O3S.2Ca.4H/c1-6-4-2-3-5-7(6)11(8,9)10;;;;;;/h2-5H,1H3,(H,8,9,10);;;;;;. The van der Waals surface area contributed by atoms with Gasteiger partial charge in [-0.1, -0.05) is 18.2 Å². The second-order valence-electron chi connectivity index (χ2n) is 2.24. The Balaban J connectivity index is 0. The average molecular weight is 256 g/mol. The number of aryl methyl sites for hydroxylation is 1. The first-order chi connectivity index (χ1) is 5.02. The molecule has 1 aromatic carbocycles. The van der Waals surface area contributed by atoms with Gasteiger partial charge in [0.2, 0.25) is 0 Å². The first kappa shape index (κ1) is 17.1. The number of benzene rings is 1. The summed E-state index contributed by atoms with van der Waals surface area (Å²) in [5, 5.41) is 0. The molecule has 13 heavy (non-hydrogen) atoms. The maximum atomic E-state index is 10.6. The van der Waals surface area contributed by atoms with E-state index in [1.807, 2.05) is 0 Å². The van der Waals surface area contributed by atoms with Crippen molar-refractivity contribution in [3.05, 3.63) is 29.8 Å². The predicted molar refractivity (Wildman–Crippen MR) is 58.1 cm³/mol. The third kappa shape index (κ3) is 5.33. The van der Waals surface area contributed by atoms with E-state index >= 15 is 0 Å². The van der Waals surface area contributed by atoms with Gasteiger partial charge in [-0.2, -0.15) is 8.42 Å². The summed E-state index contributed by atoms with van der Waals surface area (Å²) in [4.78, 5) is -0.0278. The van der Waals surface area contributed by atoms with Crippen LogP contribution in [-0.2, 0) is 10.1 Å². The molecular formula is C7H12Ca2O3S. The van der Waals surface area contributed by atoms with Crippen LogP contribution in [0.4, 0.5) is 0 Å². The van der Waals surface area contributed by atoms with E-state index in [0.717, 1.165) is 0 Å². The zero-order chi connectivity index (χ0) is 8.48. The van der Waals surface area contributed by atoms with Gasteiger partial charge >= 0.3 is 75.5 Å². The molecule has 1 N–H and O–H groups in total. The molecule has 6 heteroatoms. The van der Waals surface area contributed by atoms with E-state index in [0.29, 0.717) is 5.56 Å². The molecule has 0 aliphatic rings. The molecule has 0 fully saturated rings. The van der Waals surface area contributed by atoms with Crippen LogP contribution in [0.15, 0.2) is 29.2 Å². The zero-order valence-electron chi connectivity index (χ0n) is 5.98. The molecule has 0 bridgehead atoms. The third-order valence-electron chi connectivity index (χ3n) is 1.37. The Bertz CT molecular complexity index is 362. The van der Waals surface area contributed by atoms with Gasteiger partial charge < -0.3 is 0 Å². The normalized spacial score (nSPS) is 9.69. The third-order valence-corrected chi connectivity index (χ3v) is 2.39. The molecule has 0 aromatic heterocycles. The predicted octanol–water partition coefficient (Wildman–Crippen LogP) is -0.591. The molecule has 0 spiro atoms. The second kappa shape index (κ2) is 7.01. The van der Waals surface area contributed by atoms with Crippen LogP contribution in [0, 0.1) is 6.92 Å². The molecule has 0 aliphatic heterocycles. The van der Waals surface area contributed by atoms with Crippen molar-refractivity contribution in [3.8, 4) is 0 Å². The number of rotatable bonds is 1. The van der Waals surface area contributed by atoms with Crippen molar-refractivity contribution < 1.29 is 13.0 Å². The van der Waals surface area contributed by atoms with Crippen molar-refractivity contribution in [2.75, 3.05) is 0 Å². The van der Waals surface area contributed by atoms with Crippen LogP contribution in [0.25, 0.3) is 0 Å². The molecule has 0 saturated carbocycles. The van der Waals surface area contributed by atoms with E-state index in [9.17, 15) is 8.42 Å². The van der Waals surface area contributed by atoms with Crippen LogP contribution in [0.5, 0.6) is 0 Å². The Morgan fingerprint density at radius 2 is 1.62 bits per heavy atom. The number of hydrogen-bond acceptors (Lipinski definition) is 2. The van der Waals surface area contributed by atoms with Gasteiger partial charge in [0, 0.05) is 0 Å². The molecule has 0 atom stereocenters. The van der Waals surface area contributed by atoms with E-state index in [-0.39, 0.29) is 80.4 Å². The molecule has 0 heterocycles. The maximum absolute atomic E-state index is 10.6. The topological polar surface area (TPSA) is 54.4 Å². The van der Waals surface area contributed by atoms with Gasteiger partial charge in [0.1, 0.15) is 0 Å². The van der Waals surface area contributed by atoms with Crippen LogP contribution in [-0.4, -0.2) is 88.4 Å². The monoisotopic (exact) mass is 256 g/mol. The van der Waals surface area contributed by atoms with Crippen molar-refractivity contribution in [3.63, 3.8) is 0 Å². The quantitative estimate of drug-likeness (QED) is 0.540. The summed E-state index contributed by atoms with van der Waals surface area (Å²) in [6.07, 6.45) is 0. The fourth-order valence-corrected chi connectivity index (χ4v) is 1.57. The number of hydrogen-bond donors (Lipinski definition) is 1. The van der Waals surface area contributed by atoms with E-state index in [4.69, 9.17) is 4.55 Å². The summed E-state index contributed by atoms with van der Waals surface area (Å²) in [6.45, 7) is 1.63. The van der Waals surface area contributed by atoms with E-state index in [1.165, 1.54) is 6.07 Å². The van der Waals surface area contributed by atoms with Crippen LogP contribution in [0.1, 0.15) is 5.56 Å². The fraction of sp³-hybridized carbons (Fsp3) is 0.143. The summed E-state index contributed by atoms with van der Waals surface area (Å²) in [5.74, 6) is 0. The van der Waals surface area contributed by atoms with Crippen LogP contribution < -0.4 is 0 Å². The molecule has 68 valence electrons. The Morgan fingerprint density at radius 1 is 1.15 bits per heavy atom. The van der Waals surface area contributed by atoms with Gasteiger partial charge in [-0.05, 0) is 18.6 Å². The Morgan fingerprint density at radius 3 is 1.92 bits per heavy atom. The van der Waals surface area contributed by atoms with Gasteiger partial charge in [0.25, 0.3) is 10.1 Å². The first-order valence-electron chi connectivity index (χ1n) is 3.05. The Hall–Kier alpha value is 1.65. The molecule has 1 aromatic rings. The van der Waals surface area contributed by atoms with Crippen LogP contribution in [0.3, 0.4) is 0 Å². The zero-order valence-corrected chi connectivity index (χ0v) is 6.80. The van der Waals surface area contributed by atoms with Crippen molar-refractivity contribution in [2.45, 2.75) is 11.8 Å². The van der Waals surface area contributed by atoms with Gasteiger partial charge in [0.15, 0.2) is 0 Å². The van der Waals surface area contributed by atoms with Gasteiger partial charge in [0.05, 0.1) is 4.90 Å². The van der Waals surface area contributed by atoms with Crippen LogP contribution in [0.2, 0.25) is 0 Å². The first-order valence-corrected chi connectivity index (χ1v) is 4.49. The van der Waals surface area contributed by atoms with Gasteiger partial charge in [-0.25, -0.2) is 0 Å². The summed E-state index contributed by atoms with van der Waals surface area (Å²) in [6, 6.07) is 6.27. The molecular weight excluding hydrogens is 244 g/mol. The summed E-state index contributed by atoms with van der Waals surface area (Å²) in [5.41, 5.74) is 0.551. The SMILES string of the molecule is Cc1ccccc1S(=O)(=O)O.[CaH2].[CaH2]. The molecule has 0 aliphatic carbocycles. The van der Waals surface area contributed by atoms with E-state index < -0.39 is 10.1 Å². The van der Waals surface area contributed by atoms with Crippen LogP contribution >= 0.6 is 0 Å². The average Bonchev–Trinajstić information content (AvgIpc) is 1.86. The molecule has 0 unspecified atom stereocenters. The van der Waals surface area contributed by atoms with Gasteiger partial charge in [-0.3, -0.25) is 4.55 Å². The minimum absolute atomic E-state index is 0. The van der Waals surface area contributed by atoms with Gasteiger partial charge in [-0.15, -0.1) is 0 Å². The molecule has 1 rings (SSSR count). The Labute approximate surface area is 138 Å². The van der Waals surface area contributed by atoms with Crippen molar-refractivity contribution in [1.29, 1.82) is 0 Å². The van der Waals surface area contributed by atoms with E-state index in [2.05, 4.69) is 0 Å². The second-order valence-corrected chi connectivity index (χ2v) is 3.63. The molecule has 0 radical (unpaired) electrons. The molecule has 0 saturated heterocycles. The molecule has 0 amide bonds. The van der Waals surface area contributed by atoms with Crippen molar-refractivity contribution in [2.24, 2.45) is 0 Å².